The molecule has 0 bridgehead atoms. The summed E-state index contributed by atoms with van der Waals surface area (Å²) in [5.41, 5.74) is 0.726. The number of rotatable bonds is 7. The molecule has 0 amide bonds. The van der Waals surface area contributed by atoms with Crippen molar-refractivity contribution in [1.82, 2.24) is 15.5 Å². The standard InChI is InChI=1S/C14H20N4O3/c1-5-15-9(2)13-17-18-14(21-13)16-11-7-6-10(19-3)8-12(11)20-4/h6-9,15H,5H2,1-4H3,(H,16,18). The number of methoxy groups -OCH3 is 2. The number of hydrogen-bond donors (Lipinski definition) is 2. The van der Waals surface area contributed by atoms with E-state index in [0.29, 0.717) is 23.4 Å². The van der Waals surface area contributed by atoms with Gasteiger partial charge in [0.05, 0.1) is 25.9 Å². The lowest BCUT2D eigenvalue weighted by Gasteiger charge is -2.10. The largest absolute Gasteiger partial charge is 0.497 e. The quantitative estimate of drug-likeness (QED) is 0.811. The van der Waals surface area contributed by atoms with Gasteiger partial charge in [-0.05, 0) is 25.6 Å². The number of nitrogens with zero attached hydrogens (tertiary/aromatic N) is 2. The summed E-state index contributed by atoms with van der Waals surface area (Å²) in [6.45, 7) is 4.82. The molecule has 0 saturated heterocycles. The molecule has 0 fully saturated rings. The smallest absolute Gasteiger partial charge is 0.320 e. The average molecular weight is 292 g/mol. The van der Waals surface area contributed by atoms with Crippen LogP contribution in [0.1, 0.15) is 25.8 Å². The number of ether oxygens (including phenoxy) is 2. The van der Waals surface area contributed by atoms with Crippen molar-refractivity contribution in [2.24, 2.45) is 0 Å². The molecule has 0 saturated carbocycles. The third-order valence-electron chi connectivity index (χ3n) is 2.97. The third kappa shape index (κ3) is 3.63. The van der Waals surface area contributed by atoms with Crippen molar-refractivity contribution in [3.8, 4) is 11.5 Å². The topological polar surface area (TPSA) is 81.4 Å². The van der Waals surface area contributed by atoms with Gasteiger partial charge in [0.2, 0.25) is 5.89 Å². The molecule has 0 radical (unpaired) electrons. The fourth-order valence-corrected chi connectivity index (χ4v) is 1.87. The molecule has 1 aromatic carbocycles. The lowest BCUT2D eigenvalue weighted by atomic mass is 10.2. The van der Waals surface area contributed by atoms with Gasteiger partial charge in [0.15, 0.2) is 0 Å². The molecule has 0 aliphatic rings. The maximum absolute atomic E-state index is 5.58. The van der Waals surface area contributed by atoms with E-state index in [1.807, 2.05) is 26.0 Å². The van der Waals surface area contributed by atoms with Gasteiger partial charge in [0, 0.05) is 6.07 Å². The lowest BCUT2D eigenvalue weighted by molar-refractivity contribution is 0.395. The Morgan fingerprint density at radius 2 is 2.05 bits per heavy atom. The molecule has 7 nitrogen and oxygen atoms in total. The SMILES string of the molecule is CCNC(C)c1nnc(Nc2ccc(OC)cc2OC)o1. The van der Waals surface area contributed by atoms with Crippen LogP contribution in [-0.4, -0.2) is 31.0 Å². The highest BCUT2D eigenvalue weighted by atomic mass is 16.5. The summed E-state index contributed by atoms with van der Waals surface area (Å²) in [6.07, 6.45) is 0. The van der Waals surface area contributed by atoms with E-state index in [1.165, 1.54) is 0 Å². The first-order valence-electron chi connectivity index (χ1n) is 6.73. The molecule has 1 aromatic heterocycles. The summed E-state index contributed by atoms with van der Waals surface area (Å²) < 4.78 is 16.0. The summed E-state index contributed by atoms with van der Waals surface area (Å²) in [5.74, 6) is 1.88. The van der Waals surface area contributed by atoms with Gasteiger partial charge in [-0.1, -0.05) is 12.0 Å². The molecule has 1 heterocycles. The monoisotopic (exact) mass is 292 g/mol. The molecule has 0 aliphatic carbocycles. The van der Waals surface area contributed by atoms with Crippen LogP contribution < -0.4 is 20.1 Å². The minimum atomic E-state index is 0.0100. The van der Waals surface area contributed by atoms with Crippen LogP contribution in [0.3, 0.4) is 0 Å². The Hall–Kier alpha value is -2.28. The number of aromatic nitrogens is 2. The van der Waals surface area contributed by atoms with Gasteiger partial charge in [-0.15, -0.1) is 5.10 Å². The van der Waals surface area contributed by atoms with Crippen LogP contribution in [0.2, 0.25) is 0 Å². The van der Waals surface area contributed by atoms with Crippen LogP contribution in [0, 0.1) is 0 Å². The second-order valence-corrected chi connectivity index (χ2v) is 4.42. The Kier molecular flexibility index (Phi) is 4.99. The summed E-state index contributed by atoms with van der Waals surface area (Å²) >= 11 is 0. The van der Waals surface area contributed by atoms with Gasteiger partial charge in [-0.25, -0.2) is 0 Å². The van der Waals surface area contributed by atoms with Crippen molar-refractivity contribution in [2.75, 3.05) is 26.1 Å². The summed E-state index contributed by atoms with van der Waals surface area (Å²) in [7, 11) is 3.20. The maximum atomic E-state index is 5.58. The number of anilines is 2. The van der Waals surface area contributed by atoms with Crippen molar-refractivity contribution in [2.45, 2.75) is 19.9 Å². The highest BCUT2D eigenvalue weighted by Crippen LogP contribution is 2.31. The second-order valence-electron chi connectivity index (χ2n) is 4.42. The first-order chi connectivity index (χ1) is 10.2. The lowest BCUT2D eigenvalue weighted by Crippen LogP contribution is -2.17. The molecule has 2 aromatic rings. The number of benzene rings is 1. The first-order valence-corrected chi connectivity index (χ1v) is 6.73. The number of hydrogen-bond acceptors (Lipinski definition) is 7. The fraction of sp³-hybridized carbons (Fsp3) is 0.429. The van der Waals surface area contributed by atoms with E-state index in [9.17, 15) is 0 Å². The highest BCUT2D eigenvalue weighted by molar-refractivity contribution is 5.63. The number of nitrogens with one attached hydrogen (secondary N) is 2. The second kappa shape index (κ2) is 6.94. The van der Waals surface area contributed by atoms with Crippen LogP contribution in [0.15, 0.2) is 22.6 Å². The molecule has 1 atom stereocenters. The molecular formula is C14H20N4O3. The highest BCUT2D eigenvalue weighted by Gasteiger charge is 2.14. The fourth-order valence-electron chi connectivity index (χ4n) is 1.87. The molecule has 0 spiro atoms. The minimum absolute atomic E-state index is 0.0100. The van der Waals surface area contributed by atoms with E-state index in [2.05, 4.69) is 20.8 Å². The Morgan fingerprint density at radius 3 is 2.71 bits per heavy atom. The predicted octanol–water partition coefficient (Wildman–Crippen LogP) is 2.50. The molecule has 2 N–H and O–H groups in total. The van der Waals surface area contributed by atoms with Crippen molar-refractivity contribution < 1.29 is 13.9 Å². The van der Waals surface area contributed by atoms with Gasteiger partial charge in [-0.3, -0.25) is 0 Å². The van der Waals surface area contributed by atoms with E-state index >= 15 is 0 Å². The van der Waals surface area contributed by atoms with Crippen LogP contribution in [0.25, 0.3) is 0 Å². The molecule has 114 valence electrons. The van der Waals surface area contributed by atoms with Crippen LogP contribution >= 0.6 is 0 Å². The van der Waals surface area contributed by atoms with E-state index in [1.54, 1.807) is 20.3 Å². The van der Waals surface area contributed by atoms with Crippen molar-refractivity contribution in [3.05, 3.63) is 24.1 Å². The van der Waals surface area contributed by atoms with E-state index < -0.39 is 0 Å². The molecule has 0 aliphatic heterocycles. The zero-order valence-corrected chi connectivity index (χ0v) is 12.6. The van der Waals surface area contributed by atoms with Crippen LogP contribution in [-0.2, 0) is 0 Å². The average Bonchev–Trinajstić information content (AvgIpc) is 2.96. The van der Waals surface area contributed by atoms with Gasteiger partial charge in [-0.2, -0.15) is 0 Å². The molecule has 2 rings (SSSR count). The van der Waals surface area contributed by atoms with E-state index in [-0.39, 0.29) is 6.04 Å². The Morgan fingerprint density at radius 1 is 1.24 bits per heavy atom. The molecule has 1 unspecified atom stereocenters. The van der Waals surface area contributed by atoms with Gasteiger partial charge in [0.1, 0.15) is 11.5 Å². The normalized spacial score (nSPS) is 12.0. The first kappa shape index (κ1) is 15.1. The summed E-state index contributed by atoms with van der Waals surface area (Å²) in [5, 5.41) is 14.2. The minimum Gasteiger partial charge on any atom is -0.497 e. The summed E-state index contributed by atoms with van der Waals surface area (Å²) in [4.78, 5) is 0. The van der Waals surface area contributed by atoms with Gasteiger partial charge < -0.3 is 24.5 Å². The van der Waals surface area contributed by atoms with E-state index in [0.717, 1.165) is 12.2 Å². The van der Waals surface area contributed by atoms with Gasteiger partial charge >= 0.3 is 6.01 Å². The van der Waals surface area contributed by atoms with Crippen molar-refractivity contribution in [3.63, 3.8) is 0 Å². The van der Waals surface area contributed by atoms with Crippen LogP contribution in [0.4, 0.5) is 11.7 Å². The van der Waals surface area contributed by atoms with Crippen molar-refractivity contribution >= 4 is 11.7 Å². The van der Waals surface area contributed by atoms with Gasteiger partial charge in [0.25, 0.3) is 0 Å². The van der Waals surface area contributed by atoms with E-state index in [4.69, 9.17) is 13.9 Å². The Balaban J connectivity index is 2.15. The summed E-state index contributed by atoms with van der Waals surface area (Å²) in [6, 6.07) is 5.76. The molecule has 7 heteroatoms. The zero-order chi connectivity index (χ0) is 15.2. The maximum Gasteiger partial charge on any atom is 0.320 e. The van der Waals surface area contributed by atoms with Crippen molar-refractivity contribution in [1.29, 1.82) is 0 Å². The Bertz CT molecular complexity index is 585. The van der Waals surface area contributed by atoms with Crippen LogP contribution in [0.5, 0.6) is 11.5 Å². The predicted molar refractivity (Wildman–Crippen MR) is 79.2 cm³/mol. The Labute approximate surface area is 123 Å². The zero-order valence-electron chi connectivity index (χ0n) is 12.6. The molecule has 21 heavy (non-hydrogen) atoms. The third-order valence-corrected chi connectivity index (χ3v) is 2.97. The molecular weight excluding hydrogens is 272 g/mol.